The number of aliphatic hydroxyl groups excluding tert-OH is 1. The second-order valence-corrected chi connectivity index (χ2v) is 3.92. The predicted molar refractivity (Wildman–Crippen MR) is 67.8 cm³/mol. The van der Waals surface area contributed by atoms with E-state index in [0.717, 1.165) is 5.56 Å². The number of hydrogen-bond acceptors (Lipinski definition) is 3. The van der Waals surface area contributed by atoms with E-state index in [9.17, 15) is 4.79 Å². The molecule has 105 valence electrons. The fourth-order valence-electron chi connectivity index (χ4n) is 1.36. The number of carbonyl (C=O) groups excluding carboxylic acids is 1. The summed E-state index contributed by atoms with van der Waals surface area (Å²) in [5.74, 6) is -1.09. The van der Waals surface area contributed by atoms with Crippen molar-refractivity contribution in [3.63, 3.8) is 0 Å². The smallest absolute Gasteiger partial charge is 0.339 e. The molecule has 1 N–H and O–H groups in total. The molecule has 1 radical (unpaired) electrons. The van der Waals surface area contributed by atoms with Gasteiger partial charge in [0.15, 0.2) is 0 Å². The van der Waals surface area contributed by atoms with Gasteiger partial charge in [-0.1, -0.05) is 29.8 Å². The Morgan fingerprint density at radius 3 is 2.42 bits per heavy atom. The van der Waals surface area contributed by atoms with E-state index >= 15 is 0 Å². The zero-order chi connectivity index (χ0) is 13.5. The van der Waals surface area contributed by atoms with Crippen LogP contribution in [-0.2, 0) is 33.0 Å². The van der Waals surface area contributed by atoms with Crippen molar-refractivity contribution in [1.82, 2.24) is 0 Å². The second-order valence-electron chi connectivity index (χ2n) is 3.92. The van der Waals surface area contributed by atoms with Crippen LogP contribution in [0.3, 0.4) is 0 Å². The van der Waals surface area contributed by atoms with Crippen LogP contribution in [0.15, 0.2) is 35.7 Å². The van der Waals surface area contributed by atoms with Crippen LogP contribution in [-0.4, -0.2) is 17.7 Å². The minimum atomic E-state index is -0.780. The van der Waals surface area contributed by atoms with Gasteiger partial charge in [0.05, 0.1) is 13.2 Å². The van der Waals surface area contributed by atoms with Crippen LogP contribution >= 0.6 is 0 Å². The van der Waals surface area contributed by atoms with Gasteiger partial charge in [0.25, 0.3) is 0 Å². The quantitative estimate of drug-likeness (QED) is 0.306. The molecule has 5 heteroatoms. The summed E-state index contributed by atoms with van der Waals surface area (Å²) in [5, 5.41) is 9.09. The molecule has 19 heavy (non-hydrogen) atoms. The molecule has 0 aromatic heterocycles. The summed E-state index contributed by atoms with van der Waals surface area (Å²) in [6.45, 7) is 10.2. The summed E-state index contributed by atoms with van der Waals surface area (Å²) >= 11 is 0. The number of rotatable bonds is 4. The van der Waals surface area contributed by atoms with Gasteiger partial charge < -0.3 is 9.84 Å². The molecule has 0 bridgehead atoms. The van der Waals surface area contributed by atoms with E-state index in [4.69, 9.17) is 16.4 Å². The molecule has 0 heterocycles. The van der Waals surface area contributed by atoms with Crippen LogP contribution in [0.5, 0.6) is 0 Å². The number of carbonyl (C=O) groups is 1. The monoisotopic (exact) mass is 308 g/mol. The van der Waals surface area contributed by atoms with E-state index in [1.165, 1.54) is 12.5 Å². The van der Waals surface area contributed by atoms with E-state index in [1.54, 1.807) is 0 Å². The molecule has 1 rings (SSSR count). The summed E-state index contributed by atoms with van der Waals surface area (Å²) in [7, 11) is 0. The fourth-order valence-corrected chi connectivity index (χ4v) is 1.36. The molecule has 0 amide bonds. The summed E-state index contributed by atoms with van der Waals surface area (Å²) in [6, 6.07) is 7.90. The topological polar surface area (TPSA) is 50.9 Å². The maximum Gasteiger partial charge on any atom is 0.339 e. The van der Waals surface area contributed by atoms with E-state index in [-0.39, 0.29) is 35.1 Å². The van der Waals surface area contributed by atoms with Crippen molar-refractivity contribution in [3.05, 3.63) is 58.3 Å². The van der Waals surface area contributed by atoms with Gasteiger partial charge in [-0.3, -0.25) is 4.79 Å². The average Bonchev–Trinajstić information content (AvgIpc) is 2.32. The molecule has 0 saturated carbocycles. The molecule has 0 aliphatic rings. The Kier molecular flexibility index (Phi) is 7.59. The first-order valence-electron chi connectivity index (χ1n) is 5.54. The average molecular weight is 309 g/mol. The molecule has 0 atom stereocenters. The first-order valence-corrected chi connectivity index (χ1v) is 5.54. The number of esters is 1. The largest absolute Gasteiger partial charge is 0.523 e. The Bertz CT molecular complexity index is 496. The van der Waals surface area contributed by atoms with Gasteiger partial charge in [-0.05, 0) is 19.4 Å². The summed E-state index contributed by atoms with van der Waals surface area (Å²) in [5.41, 5.74) is 1.87. The van der Waals surface area contributed by atoms with Crippen molar-refractivity contribution in [3.8, 4) is 0 Å². The van der Waals surface area contributed by atoms with Crippen molar-refractivity contribution in [1.29, 1.82) is 0 Å². The van der Waals surface area contributed by atoms with Gasteiger partial charge in [-0.25, -0.2) is 4.85 Å². The van der Waals surface area contributed by atoms with Crippen LogP contribution in [0.1, 0.15) is 18.1 Å². The Labute approximate surface area is 123 Å². The molecular weight excluding hydrogens is 294 g/mol. The van der Waals surface area contributed by atoms with Gasteiger partial charge in [0.2, 0.25) is 0 Å². The number of aryl methyl sites for hydroxylation is 1. The van der Waals surface area contributed by atoms with Crippen LogP contribution in [0.25, 0.3) is 4.85 Å². The number of ether oxygens (including phenoxy) is 1. The maximum absolute atomic E-state index is 11.4. The van der Waals surface area contributed by atoms with Crippen molar-refractivity contribution in [2.45, 2.75) is 20.3 Å². The van der Waals surface area contributed by atoms with E-state index in [1.807, 2.05) is 31.2 Å². The van der Waals surface area contributed by atoms with Gasteiger partial charge in [-0.2, -0.15) is 0 Å². The predicted octanol–water partition coefficient (Wildman–Crippen LogP) is 2.79. The van der Waals surface area contributed by atoms with Crippen LogP contribution in [0, 0.1) is 13.5 Å². The van der Waals surface area contributed by atoms with Gasteiger partial charge in [0, 0.05) is 23.5 Å². The standard InChI is InChI=1S/C14H15NO3.Cu/c1-10-4-6-12(7-5-10)8-9-18-14(17)13(15-3)11(2)16;/h4-7,16H,8-9H2,1-2H3;/b13-11+;. The third-order valence-corrected chi connectivity index (χ3v) is 2.39. The van der Waals surface area contributed by atoms with E-state index in [2.05, 4.69) is 4.85 Å². The van der Waals surface area contributed by atoms with Crippen LogP contribution < -0.4 is 0 Å². The van der Waals surface area contributed by atoms with Crippen LogP contribution in [0.2, 0.25) is 0 Å². The zero-order valence-corrected chi connectivity index (χ0v) is 11.7. The Balaban J connectivity index is 0.00000324. The number of nitrogens with zero attached hydrogens (tertiary/aromatic N) is 1. The van der Waals surface area contributed by atoms with E-state index in [0.29, 0.717) is 6.42 Å². The van der Waals surface area contributed by atoms with Crippen LogP contribution in [0.4, 0.5) is 0 Å². The molecule has 4 nitrogen and oxygen atoms in total. The van der Waals surface area contributed by atoms with Crippen molar-refractivity contribution >= 4 is 5.97 Å². The summed E-state index contributed by atoms with van der Waals surface area (Å²) in [4.78, 5) is 14.3. The van der Waals surface area contributed by atoms with Crippen molar-refractivity contribution in [2.24, 2.45) is 0 Å². The Morgan fingerprint density at radius 2 is 1.95 bits per heavy atom. The number of aliphatic hydroxyl groups is 1. The minimum Gasteiger partial charge on any atom is -0.523 e. The summed E-state index contributed by atoms with van der Waals surface area (Å²) in [6.07, 6.45) is 0.585. The Morgan fingerprint density at radius 1 is 1.37 bits per heavy atom. The molecule has 0 aliphatic heterocycles. The fraction of sp³-hybridized carbons (Fsp3) is 0.286. The molecule has 1 aromatic rings. The number of hydrogen-bond donors (Lipinski definition) is 1. The molecule has 0 unspecified atom stereocenters. The minimum absolute atomic E-state index is 0. The SMILES string of the molecule is [C-]#[N+]/C(C(=O)OCCc1ccc(C)cc1)=C(\C)O.[Cu]. The zero-order valence-electron chi connectivity index (χ0n) is 10.7. The first-order chi connectivity index (χ1) is 8.54. The molecular formula is C14H15CuNO3. The maximum atomic E-state index is 11.4. The summed E-state index contributed by atoms with van der Waals surface area (Å²) < 4.78 is 4.92. The van der Waals surface area contributed by atoms with Gasteiger partial charge >= 0.3 is 11.7 Å². The van der Waals surface area contributed by atoms with Crippen molar-refractivity contribution in [2.75, 3.05) is 6.61 Å². The molecule has 0 aliphatic carbocycles. The second kappa shape index (κ2) is 8.36. The van der Waals surface area contributed by atoms with Gasteiger partial charge in [0.1, 0.15) is 5.76 Å². The normalized spacial score (nSPS) is 10.8. The molecule has 1 aromatic carbocycles. The Hall–Kier alpha value is -1.76. The number of allylic oxidation sites excluding steroid dienone is 1. The molecule has 0 saturated heterocycles. The van der Waals surface area contributed by atoms with Crippen molar-refractivity contribution < 1.29 is 31.7 Å². The first kappa shape index (κ1) is 17.2. The molecule has 0 spiro atoms. The third kappa shape index (κ3) is 5.60. The third-order valence-electron chi connectivity index (χ3n) is 2.39. The molecule has 0 fully saturated rings. The number of benzene rings is 1. The van der Waals surface area contributed by atoms with Gasteiger partial charge in [-0.15, -0.1) is 0 Å². The van der Waals surface area contributed by atoms with E-state index < -0.39 is 5.97 Å².